The van der Waals surface area contributed by atoms with Gasteiger partial charge < -0.3 is 15.0 Å². The summed E-state index contributed by atoms with van der Waals surface area (Å²) in [6, 6.07) is 7.61. The van der Waals surface area contributed by atoms with E-state index in [1.807, 2.05) is 38.4 Å². The van der Waals surface area contributed by atoms with Crippen molar-refractivity contribution in [2.45, 2.75) is 12.7 Å². The van der Waals surface area contributed by atoms with Crippen LogP contribution in [0.1, 0.15) is 5.56 Å². The van der Waals surface area contributed by atoms with Gasteiger partial charge in [-0.25, -0.2) is 0 Å². The Hall–Kier alpha value is -1.72. The van der Waals surface area contributed by atoms with Gasteiger partial charge in [0.2, 0.25) is 0 Å². The number of nitrogens with one attached hydrogen (secondary N) is 1. The molecule has 0 aromatic heterocycles. The van der Waals surface area contributed by atoms with Gasteiger partial charge in [-0.2, -0.15) is 0 Å². The third kappa shape index (κ3) is 3.23. The molecule has 0 bridgehead atoms. The predicted octanol–water partition coefficient (Wildman–Crippen LogP) is 1.55. The van der Waals surface area contributed by atoms with Crippen LogP contribution in [0.2, 0.25) is 0 Å². The number of hydrogen-bond donors (Lipinski definition) is 1. The fourth-order valence-corrected chi connectivity index (χ4v) is 2.21. The second-order valence-corrected chi connectivity index (χ2v) is 5.21. The van der Waals surface area contributed by atoms with Crippen LogP contribution in [0.3, 0.4) is 0 Å². The highest BCUT2D eigenvalue weighted by Gasteiger charge is 2.29. The summed E-state index contributed by atoms with van der Waals surface area (Å²) in [6.07, 6.45) is 1.18. The van der Waals surface area contributed by atoms with Gasteiger partial charge in [-0.05, 0) is 31.8 Å². The molecule has 1 aliphatic rings. The Morgan fingerprint density at radius 1 is 1.35 bits per heavy atom. The van der Waals surface area contributed by atoms with Gasteiger partial charge in [-0.15, -0.1) is 0 Å². The maximum absolute atomic E-state index is 12.3. The summed E-state index contributed by atoms with van der Waals surface area (Å²) in [5.74, 6) is 0.760. The molecule has 20 heavy (non-hydrogen) atoms. The minimum absolute atomic E-state index is 0.0322. The Morgan fingerprint density at radius 3 is 2.55 bits per heavy atom. The van der Waals surface area contributed by atoms with Crippen LogP contribution in [0.15, 0.2) is 35.6 Å². The maximum Gasteiger partial charge on any atom is 0.264 e. The Bertz CT molecular complexity index is 514. The molecule has 1 unspecified atom stereocenters. The molecular weight excluding hydrogens is 278 g/mol. The number of hydrogen-bond acceptors (Lipinski definition) is 4. The van der Waals surface area contributed by atoms with Crippen molar-refractivity contribution in [2.24, 2.45) is 0 Å². The first-order valence-electron chi connectivity index (χ1n) is 6.25. The van der Waals surface area contributed by atoms with E-state index in [1.54, 1.807) is 23.1 Å². The third-order valence-corrected chi connectivity index (χ3v) is 3.30. The highest BCUT2D eigenvalue weighted by Crippen LogP contribution is 2.18. The number of methoxy groups -OCH3 is 1. The molecule has 0 radical (unpaired) electrons. The standard InChI is InChI=1S/C14H18ClN3O2/c1-17(2)13-14(19)18(9-12(15)16-13)8-10-4-6-11(20-3)7-5-10/h4-7,9,13,16H,8H2,1-3H3. The Labute approximate surface area is 123 Å². The Morgan fingerprint density at radius 2 is 2.00 bits per heavy atom. The van der Waals surface area contributed by atoms with Gasteiger partial charge in [0.15, 0.2) is 6.17 Å². The molecule has 1 N–H and O–H groups in total. The second kappa shape index (κ2) is 6.15. The molecule has 0 saturated heterocycles. The zero-order chi connectivity index (χ0) is 14.7. The molecule has 0 aliphatic carbocycles. The maximum atomic E-state index is 12.3. The fourth-order valence-electron chi connectivity index (χ4n) is 1.99. The van der Waals surface area contributed by atoms with Crippen LogP contribution in [0, 0.1) is 0 Å². The number of ether oxygens (including phenoxy) is 1. The summed E-state index contributed by atoms with van der Waals surface area (Å²) in [7, 11) is 5.28. The lowest BCUT2D eigenvalue weighted by molar-refractivity contribution is -0.135. The van der Waals surface area contributed by atoms with Crippen molar-refractivity contribution in [1.82, 2.24) is 15.1 Å². The average Bonchev–Trinajstić information content (AvgIpc) is 2.43. The number of likely N-dealkylation sites (N-methyl/N-ethyl adjacent to an activating group) is 1. The summed E-state index contributed by atoms with van der Waals surface area (Å²) >= 11 is 6.04. The minimum atomic E-state index is -0.439. The number of rotatable bonds is 4. The van der Waals surface area contributed by atoms with Crippen molar-refractivity contribution in [1.29, 1.82) is 0 Å². The highest BCUT2D eigenvalue weighted by molar-refractivity contribution is 6.29. The topological polar surface area (TPSA) is 44.8 Å². The summed E-state index contributed by atoms with van der Waals surface area (Å²) in [4.78, 5) is 15.7. The van der Waals surface area contributed by atoms with Crippen molar-refractivity contribution >= 4 is 17.5 Å². The summed E-state index contributed by atoms with van der Waals surface area (Å²) < 4.78 is 5.12. The lowest BCUT2D eigenvalue weighted by Gasteiger charge is -2.33. The number of benzene rings is 1. The van der Waals surface area contributed by atoms with Gasteiger partial charge in [-0.3, -0.25) is 9.69 Å². The monoisotopic (exact) mass is 295 g/mol. The zero-order valence-corrected chi connectivity index (χ0v) is 12.5. The molecule has 1 aromatic carbocycles. The van der Waals surface area contributed by atoms with E-state index in [0.717, 1.165) is 11.3 Å². The van der Waals surface area contributed by atoms with E-state index in [1.165, 1.54) is 0 Å². The Balaban J connectivity index is 2.14. The largest absolute Gasteiger partial charge is 0.497 e. The smallest absolute Gasteiger partial charge is 0.264 e. The molecule has 5 nitrogen and oxygen atoms in total. The van der Waals surface area contributed by atoms with Gasteiger partial charge in [0, 0.05) is 6.20 Å². The van der Waals surface area contributed by atoms with Crippen molar-refractivity contribution in [3.63, 3.8) is 0 Å². The van der Waals surface area contributed by atoms with E-state index >= 15 is 0 Å². The van der Waals surface area contributed by atoms with Crippen LogP contribution in [0.25, 0.3) is 0 Å². The first-order valence-corrected chi connectivity index (χ1v) is 6.63. The van der Waals surface area contributed by atoms with Crippen LogP contribution in [-0.4, -0.2) is 43.1 Å². The fraction of sp³-hybridized carbons (Fsp3) is 0.357. The van der Waals surface area contributed by atoms with E-state index in [4.69, 9.17) is 16.3 Å². The van der Waals surface area contributed by atoms with Crippen LogP contribution in [-0.2, 0) is 11.3 Å². The van der Waals surface area contributed by atoms with Gasteiger partial charge >= 0.3 is 0 Å². The van der Waals surface area contributed by atoms with E-state index in [-0.39, 0.29) is 5.91 Å². The normalized spacial score (nSPS) is 18.9. The summed E-state index contributed by atoms with van der Waals surface area (Å²) in [6.45, 7) is 0.477. The summed E-state index contributed by atoms with van der Waals surface area (Å²) in [5.41, 5.74) is 1.01. The molecule has 0 saturated carbocycles. The van der Waals surface area contributed by atoms with Gasteiger partial charge in [0.05, 0.1) is 13.7 Å². The first-order chi connectivity index (χ1) is 9.51. The van der Waals surface area contributed by atoms with E-state index in [0.29, 0.717) is 11.7 Å². The number of halogens is 1. The molecule has 108 valence electrons. The molecule has 1 amide bonds. The lowest BCUT2D eigenvalue weighted by Crippen LogP contribution is -2.54. The highest BCUT2D eigenvalue weighted by atomic mass is 35.5. The lowest BCUT2D eigenvalue weighted by atomic mass is 10.2. The molecule has 1 atom stereocenters. The van der Waals surface area contributed by atoms with E-state index in [2.05, 4.69) is 5.32 Å². The average molecular weight is 296 g/mol. The van der Waals surface area contributed by atoms with Crippen molar-refractivity contribution in [3.8, 4) is 5.75 Å². The van der Waals surface area contributed by atoms with Crippen LogP contribution in [0.4, 0.5) is 0 Å². The van der Waals surface area contributed by atoms with Crippen molar-refractivity contribution in [2.75, 3.05) is 21.2 Å². The molecule has 1 aliphatic heterocycles. The molecule has 1 heterocycles. The Kier molecular flexibility index (Phi) is 4.52. The molecular formula is C14H18ClN3O2. The third-order valence-electron chi connectivity index (χ3n) is 3.09. The summed E-state index contributed by atoms with van der Waals surface area (Å²) in [5, 5.41) is 3.40. The van der Waals surface area contributed by atoms with E-state index in [9.17, 15) is 4.79 Å². The molecule has 0 fully saturated rings. The molecule has 0 spiro atoms. The van der Waals surface area contributed by atoms with Gasteiger partial charge in [-0.1, -0.05) is 23.7 Å². The quantitative estimate of drug-likeness (QED) is 0.856. The second-order valence-electron chi connectivity index (χ2n) is 4.80. The van der Waals surface area contributed by atoms with Gasteiger partial charge in [0.25, 0.3) is 5.91 Å². The van der Waals surface area contributed by atoms with E-state index < -0.39 is 6.17 Å². The molecule has 6 heteroatoms. The molecule has 2 rings (SSSR count). The number of amides is 1. The van der Waals surface area contributed by atoms with Gasteiger partial charge in [0.1, 0.15) is 10.9 Å². The number of nitrogens with zero attached hydrogens (tertiary/aromatic N) is 2. The number of carbonyl (C=O) groups excluding carboxylic acids is 1. The van der Waals surface area contributed by atoms with Crippen LogP contribution < -0.4 is 10.1 Å². The minimum Gasteiger partial charge on any atom is -0.497 e. The number of carbonyl (C=O) groups is 1. The zero-order valence-electron chi connectivity index (χ0n) is 11.8. The molecule has 1 aromatic rings. The van der Waals surface area contributed by atoms with Crippen molar-refractivity contribution < 1.29 is 9.53 Å². The van der Waals surface area contributed by atoms with Crippen LogP contribution >= 0.6 is 11.6 Å². The predicted molar refractivity (Wildman–Crippen MR) is 78.1 cm³/mol. The first kappa shape index (κ1) is 14.7. The van der Waals surface area contributed by atoms with Crippen LogP contribution in [0.5, 0.6) is 5.75 Å². The SMILES string of the molecule is COc1ccc(CN2C=C(Cl)NC(N(C)C)C2=O)cc1. The van der Waals surface area contributed by atoms with Crippen molar-refractivity contribution in [3.05, 3.63) is 41.2 Å².